The van der Waals surface area contributed by atoms with Crippen molar-refractivity contribution >= 4 is 11.9 Å². The van der Waals surface area contributed by atoms with E-state index >= 15 is 0 Å². The van der Waals surface area contributed by atoms with E-state index in [1.165, 1.54) is 0 Å². The van der Waals surface area contributed by atoms with Crippen LogP contribution in [0.15, 0.2) is 18.3 Å². The van der Waals surface area contributed by atoms with Gasteiger partial charge in [0.1, 0.15) is 29.9 Å². The Morgan fingerprint density at radius 3 is 2.83 bits per heavy atom. The van der Waals surface area contributed by atoms with Crippen molar-refractivity contribution in [2.45, 2.75) is 59.0 Å². The molecule has 2 aromatic heterocycles. The largest absolute Gasteiger partial charge is 0.444 e. The predicted molar refractivity (Wildman–Crippen MR) is 109 cm³/mol. The van der Waals surface area contributed by atoms with Gasteiger partial charge in [0.15, 0.2) is 5.82 Å². The third-order valence-electron chi connectivity index (χ3n) is 4.27. The van der Waals surface area contributed by atoms with Crippen LogP contribution in [0.1, 0.15) is 44.9 Å². The van der Waals surface area contributed by atoms with E-state index in [-0.39, 0.29) is 12.6 Å². The number of carbonyl (C=O) groups is 1. The number of fused-ring (bicyclic) bond motifs is 1. The van der Waals surface area contributed by atoms with Gasteiger partial charge in [-0.05, 0) is 39.8 Å². The highest BCUT2D eigenvalue weighted by atomic mass is 16.6. The van der Waals surface area contributed by atoms with E-state index in [1.807, 2.05) is 38.4 Å². The predicted octanol–water partition coefficient (Wildman–Crippen LogP) is 1.99. The molecule has 160 valence electrons. The third-order valence-corrected chi connectivity index (χ3v) is 4.27. The number of rotatable bonds is 6. The van der Waals surface area contributed by atoms with E-state index < -0.39 is 11.7 Å². The maximum absolute atomic E-state index is 11.8. The molecule has 0 aromatic carbocycles. The van der Waals surface area contributed by atoms with Crippen LogP contribution in [-0.4, -0.2) is 50.6 Å². The molecule has 1 aliphatic rings. The van der Waals surface area contributed by atoms with Crippen LogP contribution in [0.5, 0.6) is 0 Å². The number of pyridine rings is 1. The number of nitriles is 1. The Morgan fingerprint density at radius 1 is 1.37 bits per heavy atom. The van der Waals surface area contributed by atoms with E-state index in [1.54, 1.807) is 12.3 Å². The maximum Gasteiger partial charge on any atom is 0.407 e. The molecule has 2 aromatic rings. The van der Waals surface area contributed by atoms with Gasteiger partial charge in [-0.25, -0.2) is 19.4 Å². The number of nitrogens with zero attached hydrogens (tertiary/aromatic N) is 6. The Bertz CT molecular complexity index is 912. The smallest absolute Gasteiger partial charge is 0.407 e. The van der Waals surface area contributed by atoms with Crippen LogP contribution < -0.4 is 10.2 Å². The molecule has 10 nitrogen and oxygen atoms in total. The van der Waals surface area contributed by atoms with Crippen LogP contribution >= 0.6 is 0 Å². The molecule has 0 bridgehead atoms. The number of ether oxygens (including phenoxy) is 2. The minimum atomic E-state index is -0.536. The van der Waals surface area contributed by atoms with Gasteiger partial charge < -0.3 is 19.7 Å². The van der Waals surface area contributed by atoms with Crippen LogP contribution in [0.25, 0.3) is 0 Å². The zero-order valence-electron chi connectivity index (χ0n) is 17.8. The van der Waals surface area contributed by atoms with Gasteiger partial charge in [0.2, 0.25) is 0 Å². The quantitative estimate of drug-likeness (QED) is 0.764. The highest BCUT2D eigenvalue weighted by molar-refractivity contribution is 5.68. The van der Waals surface area contributed by atoms with Gasteiger partial charge in [0.05, 0.1) is 31.3 Å². The molecule has 30 heavy (non-hydrogen) atoms. The van der Waals surface area contributed by atoms with Crippen LogP contribution in [0, 0.1) is 11.3 Å². The lowest BCUT2D eigenvalue weighted by molar-refractivity contribution is 0.0438. The lowest BCUT2D eigenvalue weighted by atomic mass is 10.2. The number of hydrogen-bond donors (Lipinski definition) is 1. The summed E-state index contributed by atoms with van der Waals surface area (Å²) in [5.41, 5.74) is -0.000584. The molecule has 0 saturated heterocycles. The van der Waals surface area contributed by atoms with Gasteiger partial charge in [0, 0.05) is 12.7 Å². The van der Waals surface area contributed by atoms with E-state index in [2.05, 4.69) is 31.4 Å². The van der Waals surface area contributed by atoms with Crippen LogP contribution in [0.4, 0.5) is 10.6 Å². The van der Waals surface area contributed by atoms with E-state index in [0.717, 1.165) is 18.2 Å². The lowest BCUT2D eigenvalue weighted by Crippen LogP contribution is -2.39. The summed E-state index contributed by atoms with van der Waals surface area (Å²) < 4.78 is 12.8. The van der Waals surface area contributed by atoms with E-state index in [9.17, 15) is 4.79 Å². The Hall–Kier alpha value is -3.19. The molecule has 1 aliphatic heterocycles. The van der Waals surface area contributed by atoms with Crippen molar-refractivity contribution < 1.29 is 14.3 Å². The topological polar surface area (TPSA) is 118 Å². The molecule has 0 unspecified atom stereocenters. The van der Waals surface area contributed by atoms with Crippen LogP contribution in [0.3, 0.4) is 0 Å². The Kier molecular flexibility index (Phi) is 6.52. The molecule has 0 saturated carbocycles. The zero-order valence-corrected chi connectivity index (χ0v) is 17.8. The zero-order chi connectivity index (χ0) is 21.7. The van der Waals surface area contributed by atoms with Crippen molar-refractivity contribution in [3.05, 3.63) is 35.5 Å². The van der Waals surface area contributed by atoms with Crippen molar-refractivity contribution in [3.8, 4) is 6.07 Å². The van der Waals surface area contributed by atoms with Crippen molar-refractivity contribution in [2.24, 2.45) is 0 Å². The second-order valence-corrected chi connectivity index (χ2v) is 8.17. The van der Waals surface area contributed by atoms with Gasteiger partial charge in [-0.3, -0.25) is 0 Å². The lowest BCUT2D eigenvalue weighted by Gasteiger charge is -2.27. The normalized spacial score (nSPS) is 14.6. The van der Waals surface area contributed by atoms with Gasteiger partial charge in [-0.1, -0.05) is 0 Å². The minimum absolute atomic E-state index is 0.199. The highest BCUT2D eigenvalue weighted by Crippen LogP contribution is 2.18. The van der Waals surface area contributed by atoms with Crippen molar-refractivity contribution in [1.82, 2.24) is 25.1 Å². The molecule has 1 atom stereocenters. The SMILES string of the molecule is C[C@@H](COCc1nc2n(n1)CCN(c1ccc(C#N)cn1)C2)NC(=O)OC(C)(C)C. The number of alkyl carbamates (subject to hydrolysis) is 1. The average molecular weight is 413 g/mol. The van der Waals surface area contributed by atoms with E-state index in [0.29, 0.717) is 31.1 Å². The number of hydrogen-bond acceptors (Lipinski definition) is 8. The Labute approximate surface area is 175 Å². The van der Waals surface area contributed by atoms with Crippen molar-refractivity contribution in [3.63, 3.8) is 0 Å². The van der Waals surface area contributed by atoms with Gasteiger partial charge >= 0.3 is 6.09 Å². The molecule has 3 rings (SSSR count). The summed E-state index contributed by atoms with van der Waals surface area (Å²) in [6.45, 7) is 9.92. The maximum atomic E-state index is 11.8. The molecule has 1 amide bonds. The minimum Gasteiger partial charge on any atom is -0.444 e. The summed E-state index contributed by atoms with van der Waals surface area (Å²) in [5.74, 6) is 2.25. The van der Waals surface area contributed by atoms with E-state index in [4.69, 9.17) is 14.7 Å². The standard InChI is InChI=1S/C20H27N7O3/c1-14(23-19(28)30-20(2,3)4)12-29-13-16-24-18-11-26(7-8-27(18)25-16)17-6-5-15(9-21)10-22-17/h5-6,10,14H,7-8,11-13H2,1-4H3,(H,23,28)/t14-/m0/s1. The summed E-state index contributed by atoms with van der Waals surface area (Å²) in [5, 5.41) is 16.1. The second kappa shape index (κ2) is 9.09. The number of nitrogens with one attached hydrogen (secondary N) is 1. The number of anilines is 1. The molecule has 3 heterocycles. The average Bonchev–Trinajstić information content (AvgIpc) is 3.08. The number of carbonyl (C=O) groups excluding carboxylic acids is 1. The first kappa shape index (κ1) is 21.5. The fourth-order valence-corrected chi connectivity index (χ4v) is 2.96. The van der Waals surface area contributed by atoms with Gasteiger partial charge in [-0.15, -0.1) is 0 Å². The molecule has 0 aliphatic carbocycles. The molecule has 0 spiro atoms. The molecule has 1 N–H and O–H groups in total. The number of amides is 1. The highest BCUT2D eigenvalue weighted by Gasteiger charge is 2.21. The molecular weight excluding hydrogens is 386 g/mol. The monoisotopic (exact) mass is 413 g/mol. The Morgan fingerprint density at radius 2 is 2.17 bits per heavy atom. The summed E-state index contributed by atoms with van der Waals surface area (Å²) >= 11 is 0. The Balaban J connectivity index is 1.48. The molecule has 0 radical (unpaired) electrons. The summed E-state index contributed by atoms with van der Waals surface area (Å²) in [6.07, 6.45) is 1.10. The summed E-state index contributed by atoms with van der Waals surface area (Å²) in [4.78, 5) is 22.8. The molecule has 0 fully saturated rings. The summed E-state index contributed by atoms with van der Waals surface area (Å²) in [7, 11) is 0. The number of aromatic nitrogens is 4. The van der Waals surface area contributed by atoms with Crippen LogP contribution in [0.2, 0.25) is 0 Å². The fourth-order valence-electron chi connectivity index (χ4n) is 2.96. The van der Waals surface area contributed by atoms with Crippen molar-refractivity contribution in [2.75, 3.05) is 18.1 Å². The van der Waals surface area contributed by atoms with Gasteiger partial charge in [-0.2, -0.15) is 10.4 Å². The second-order valence-electron chi connectivity index (χ2n) is 8.17. The molecule has 10 heteroatoms. The fraction of sp³-hybridized carbons (Fsp3) is 0.550. The first-order chi connectivity index (χ1) is 14.2. The first-order valence-electron chi connectivity index (χ1n) is 9.84. The van der Waals surface area contributed by atoms with Crippen molar-refractivity contribution in [1.29, 1.82) is 5.26 Å². The first-order valence-corrected chi connectivity index (χ1v) is 9.84. The molecular formula is C20H27N7O3. The van der Waals surface area contributed by atoms with Crippen LogP contribution in [-0.2, 0) is 29.2 Å². The summed E-state index contributed by atoms with van der Waals surface area (Å²) in [6, 6.07) is 5.47. The van der Waals surface area contributed by atoms with Gasteiger partial charge in [0.25, 0.3) is 0 Å². The third kappa shape index (κ3) is 5.90.